The first-order valence-corrected chi connectivity index (χ1v) is 11.9. The first-order chi connectivity index (χ1) is 15.4. The minimum absolute atomic E-state index is 0.0326. The van der Waals surface area contributed by atoms with E-state index in [-0.39, 0.29) is 29.8 Å². The summed E-state index contributed by atoms with van der Waals surface area (Å²) in [6.07, 6.45) is 9.69. The Morgan fingerprint density at radius 1 is 1.41 bits per heavy atom. The number of unbranched alkanes of at least 4 members (excludes halogenated alkanes) is 1. The van der Waals surface area contributed by atoms with Gasteiger partial charge in [0.05, 0.1) is 17.1 Å². The van der Waals surface area contributed by atoms with Crippen molar-refractivity contribution in [2.24, 2.45) is 0 Å². The molecule has 172 valence electrons. The second-order valence-electron chi connectivity index (χ2n) is 9.88. The molecule has 2 aliphatic carbocycles. The average molecular weight is 439 g/mol. The number of nitrogens with zero attached hydrogens (tertiary/aromatic N) is 2. The fourth-order valence-corrected chi connectivity index (χ4v) is 7.02. The van der Waals surface area contributed by atoms with E-state index >= 15 is 0 Å². The van der Waals surface area contributed by atoms with Crippen molar-refractivity contribution in [2.45, 2.75) is 74.7 Å². The van der Waals surface area contributed by atoms with Crippen LogP contribution in [0.1, 0.15) is 50.2 Å². The number of carbonyl (C=O) groups excluding carboxylic acids is 1. The van der Waals surface area contributed by atoms with Crippen molar-refractivity contribution in [1.29, 1.82) is 0 Å². The summed E-state index contributed by atoms with van der Waals surface area (Å²) in [7, 11) is 1.84. The molecule has 1 saturated heterocycles. The number of likely N-dealkylation sites (N-methyl/N-ethyl adjacent to an activating group) is 1. The Hall–Kier alpha value is -2.31. The number of aliphatic hydroxyl groups is 1. The third-order valence-electron chi connectivity index (χ3n) is 8.47. The van der Waals surface area contributed by atoms with Crippen LogP contribution in [0.3, 0.4) is 0 Å². The number of phenolic OH excluding ortho intramolecular Hbond substituents is 1. The highest BCUT2D eigenvalue weighted by Crippen LogP contribution is 2.65. The number of rotatable bonds is 6. The first-order valence-electron chi connectivity index (χ1n) is 11.9. The molecule has 2 unspecified atom stereocenters. The van der Waals surface area contributed by atoms with Crippen molar-refractivity contribution in [3.05, 3.63) is 48.1 Å². The van der Waals surface area contributed by atoms with Crippen LogP contribution in [0.25, 0.3) is 0 Å². The maximum atomic E-state index is 12.9. The summed E-state index contributed by atoms with van der Waals surface area (Å²) in [5.74, 6) is 0.596. The molecule has 5 rings (SSSR count). The normalized spacial score (nSPS) is 34.8. The van der Waals surface area contributed by atoms with Crippen LogP contribution in [0.5, 0.6) is 11.5 Å². The SMILES string of the molecule is C=CCN1CC[C@]23c4c5ccc(O)c4OC2C(N(C)C(=O)C=CCCC)CC[C@@]3(O)[C@H]1C5. The monoisotopic (exact) mass is 438 g/mol. The van der Waals surface area contributed by atoms with Crippen LogP contribution in [0.4, 0.5) is 0 Å². The van der Waals surface area contributed by atoms with Gasteiger partial charge >= 0.3 is 0 Å². The number of likely N-dealkylation sites (tertiary alicyclic amines) is 1. The molecular formula is C26H34N2O4. The Kier molecular flexibility index (Phi) is 5.13. The number of ether oxygens (including phenoxy) is 1. The number of carbonyl (C=O) groups is 1. The summed E-state index contributed by atoms with van der Waals surface area (Å²) < 4.78 is 6.51. The Morgan fingerprint density at radius 2 is 2.22 bits per heavy atom. The molecule has 2 fully saturated rings. The maximum absolute atomic E-state index is 12.9. The predicted octanol–water partition coefficient (Wildman–Crippen LogP) is 2.92. The van der Waals surface area contributed by atoms with Gasteiger partial charge in [-0.1, -0.05) is 31.6 Å². The quantitative estimate of drug-likeness (QED) is 0.528. The highest BCUT2D eigenvalue weighted by Gasteiger charge is 2.73. The second-order valence-corrected chi connectivity index (χ2v) is 9.88. The zero-order chi connectivity index (χ0) is 22.7. The standard InChI is InChI=1S/C26H34N2O4/c1-4-6-7-8-21(30)27(3)18-11-12-26(31)20-16-17-9-10-19(29)23-22(17)25(26,24(18)32-23)13-15-28(20)14-5-2/h5,7-10,18,20,24,29,31H,2,4,6,11-16H2,1,3H3/t18?,20-,24?,25+,26-/m1/s1. The molecule has 4 aliphatic rings. The molecule has 2 heterocycles. The number of piperidine rings is 1. The van der Waals surface area contributed by atoms with E-state index in [2.05, 4.69) is 18.4 Å². The van der Waals surface area contributed by atoms with E-state index in [1.807, 2.05) is 25.3 Å². The van der Waals surface area contributed by atoms with Gasteiger partial charge in [0.2, 0.25) is 5.91 Å². The van der Waals surface area contributed by atoms with Crippen molar-refractivity contribution < 1.29 is 19.7 Å². The number of allylic oxidation sites excluding steroid dienone is 1. The average Bonchev–Trinajstić information content (AvgIpc) is 3.12. The molecule has 1 spiro atoms. The summed E-state index contributed by atoms with van der Waals surface area (Å²) in [5, 5.41) is 23.0. The Balaban J connectivity index is 1.60. The van der Waals surface area contributed by atoms with Crippen LogP contribution in [0.2, 0.25) is 0 Å². The molecule has 5 atom stereocenters. The second kappa shape index (κ2) is 7.63. The third kappa shape index (κ3) is 2.69. The van der Waals surface area contributed by atoms with Gasteiger partial charge in [0.1, 0.15) is 6.10 Å². The number of hydrogen-bond donors (Lipinski definition) is 2. The molecule has 32 heavy (non-hydrogen) atoms. The van der Waals surface area contributed by atoms with Gasteiger partial charge in [0, 0.05) is 25.2 Å². The van der Waals surface area contributed by atoms with Crippen LogP contribution in [0, 0.1) is 0 Å². The first kappa shape index (κ1) is 21.5. The van der Waals surface area contributed by atoms with E-state index in [4.69, 9.17) is 4.74 Å². The Bertz CT molecular complexity index is 975. The lowest BCUT2D eigenvalue weighted by Crippen LogP contribution is -2.78. The fraction of sp³-hybridized carbons (Fsp3) is 0.577. The number of phenols is 1. The summed E-state index contributed by atoms with van der Waals surface area (Å²) in [6, 6.07) is 3.49. The summed E-state index contributed by atoms with van der Waals surface area (Å²) in [6.45, 7) is 7.57. The van der Waals surface area contributed by atoms with Crippen molar-refractivity contribution in [1.82, 2.24) is 9.80 Å². The Morgan fingerprint density at radius 3 is 2.97 bits per heavy atom. The van der Waals surface area contributed by atoms with E-state index in [1.165, 1.54) is 0 Å². The van der Waals surface area contributed by atoms with Gasteiger partial charge in [-0.15, -0.1) is 6.58 Å². The largest absolute Gasteiger partial charge is 0.504 e. The number of aromatic hydroxyl groups is 1. The van der Waals surface area contributed by atoms with E-state index in [1.54, 1.807) is 17.0 Å². The van der Waals surface area contributed by atoms with Crippen molar-refractivity contribution in [2.75, 3.05) is 20.1 Å². The molecular weight excluding hydrogens is 404 g/mol. The highest BCUT2D eigenvalue weighted by molar-refractivity contribution is 5.87. The van der Waals surface area contributed by atoms with Crippen LogP contribution in [-0.4, -0.2) is 69.8 Å². The van der Waals surface area contributed by atoms with Gasteiger partial charge < -0.3 is 19.8 Å². The molecule has 2 aliphatic heterocycles. The van der Waals surface area contributed by atoms with Crippen LogP contribution >= 0.6 is 0 Å². The van der Waals surface area contributed by atoms with Gasteiger partial charge in [0.15, 0.2) is 11.5 Å². The molecule has 6 heteroatoms. The van der Waals surface area contributed by atoms with Gasteiger partial charge in [-0.2, -0.15) is 0 Å². The Labute approximate surface area is 190 Å². The van der Waals surface area contributed by atoms with Crippen LogP contribution in [0.15, 0.2) is 36.9 Å². The zero-order valence-electron chi connectivity index (χ0n) is 19.1. The minimum atomic E-state index is -0.969. The smallest absolute Gasteiger partial charge is 0.246 e. The van der Waals surface area contributed by atoms with Crippen molar-refractivity contribution in [3.8, 4) is 11.5 Å². The molecule has 2 N–H and O–H groups in total. The molecule has 1 saturated carbocycles. The van der Waals surface area contributed by atoms with Crippen LogP contribution < -0.4 is 4.74 Å². The molecule has 1 amide bonds. The summed E-state index contributed by atoms with van der Waals surface area (Å²) in [5.41, 5.74) is 0.526. The van der Waals surface area contributed by atoms with Crippen molar-refractivity contribution in [3.63, 3.8) is 0 Å². The van der Waals surface area contributed by atoms with Gasteiger partial charge in [0.25, 0.3) is 0 Å². The predicted molar refractivity (Wildman–Crippen MR) is 123 cm³/mol. The lowest BCUT2D eigenvalue weighted by Gasteiger charge is -2.64. The zero-order valence-corrected chi connectivity index (χ0v) is 19.1. The van der Waals surface area contributed by atoms with Gasteiger partial charge in [-0.3, -0.25) is 9.69 Å². The highest BCUT2D eigenvalue weighted by atomic mass is 16.5. The van der Waals surface area contributed by atoms with E-state index in [0.29, 0.717) is 18.6 Å². The number of benzene rings is 1. The molecule has 0 radical (unpaired) electrons. The molecule has 1 aromatic carbocycles. The summed E-state index contributed by atoms with van der Waals surface area (Å²) in [4.78, 5) is 17.1. The van der Waals surface area contributed by atoms with Gasteiger partial charge in [-0.25, -0.2) is 0 Å². The van der Waals surface area contributed by atoms with Crippen LogP contribution in [-0.2, 0) is 16.6 Å². The van der Waals surface area contributed by atoms with E-state index < -0.39 is 11.0 Å². The molecule has 1 aromatic rings. The molecule has 6 nitrogen and oxygen atoms in total. The minimum Gasteiger partial charge on any atom is -0.504 e. The lowest BCUT2D eigenvalue weighted by atomic mass is 9.48. The third-order valence-corrected chi connectivity index (χ3v) is 8.47. The lowest BCUT2D eigenvalue weighted by molar-refractivity contribution is -0.198. The van der Waals surface area contributed by atoms with Crippen molar-refractivity contribution >= 4 is 5.91 Å². The summed E-state index contributed by atoms with van der Waals surface area (Å²) >= 11 is 0. The molecule has 2 bridgehead atoms. The van der Waals surface area contributed by atoms with Gasteiger partial charge in [-0.05, 0) is 56.4 Å². The maximum Gasteiger partial charge on any atom is 0.246 e. The fourth-order valence-electron chi connectivity index (χ4n) is 7.02. The number of hydrogen-bond acceptors (Lipinski definition) is 5. The van der Waals surface area contributed by atoms with E-state index in [0.717, 1.165) is 49.9 Å². The topological polar surface area (TPSA) is 73.2 Å². The number of amides is 1. The molecule has 0 aromatic heterocycles. The van der Waals surface area contributed by atoms with E-state index in [9.17, 15) is 15.0 Å².